The van der Waals surface area contributed by atoms with E-state index in [-0.39, 0.29) is 12.4 Å². The highest BCUT2D eigenvalue weighted by Crippen LogP contribution is 2.39. The van der Waals surface area contributed by atoms with E-state index in [1.54, 1.807) is 24.6 Å². The van der Waals surface area contributed by atoms with Crippen molar-refractivity contribution < 1.29 is 14.9 Å². The molecule has 74 valence electrons. The summed E-state index contributed by atoms with van der Waals surface area (Å²) in [6.07, 6.45) is 0. The lowest BCUT2D eigenvalue weighted by Crippen LogP contribution is -1.87. The van der Waals surface area contributed by atoms with Crippen molar-refractivity contribution in [3.63, 3.8) is 0 Å². The Morgan fingerprint density at radius 2 is 2.21 bits per heavy atom. The zero-order valence-electron chi connectivity index (χ0n) is 7.65. The van der Waals surface area contributed by atoms with E-state index in [0.29, 0.717) is 5.39 Å². The third kappa shape index (κ3) is 1.23. The Morgan fingerprint density at radius 1 is 1.43 bits per heavy atom. The molecule has 0 saturated heterocycles. The Balaban J connectivity index is 2.81. The van der Waals surface area contributed by atoms with Gasteiger partial charge in [0.05, 0.1) is 18.4 Å². The van der Waals surface area contributed by atoms with Gasteiger partial charge in [0.15, 0.2) is 0 Å². The van der Waals surface area contributed by atoms with E-state index < -0.39 is 0 Å². The maximum absolute atomic E-state index is 9.59. The lowest BCUT2D eigenvalue weighted by atomic mass is 10.1. The second-order valence-corrected chi connectivity index (χ2v) is 3.79. The van der Waals surface area contributed by atoms with E-state index in [4.69, 9.17) is 9.84 Å². The molecule has 0 spiro atoms. The van der Waals surface area contributed by atoms with Crippen LogP contribution in [0.5, 0.6) is 11.5 Å². The van der Waals surface area contributed by atoms with Gasteiger partial charge in [0.2, 0.25) is 0 Å². The number of hydrogen-bond acceptors (Lipinski definition) is 4. The molecular weight excluding hydrogens is 200 g/mol. The lowest BCUT2D eigenvalue weighted by molar-refractivity contribution is 0.283. The Morgan fingerprint density at radius 3 is 2.86 bits per heavy atom. The molecule has 0 aliphatic heterocycles. The van der Waals surface area contributed by atoms with Crippen LogP contribution >= 0.6 is 11.3 Å². The van der Waals surface area contributed by atoms with Crippen LogP contribution in [0.4, 0.5) is 0 Å². The molecule has 2 rings (SSSR count). The predicted molar refractivity (Wildman–Crippen MR) is 56.0 cm³/mol. The molecule has 2 aromatic rings. The first-order chi connectivity index (χ1) is 6.77. The van der Waals surface area contributed by atoms with Gasteiger partial charge in [-0.1, -0.05) is 6.07 Å². The monoisotopic (exact) mass is 210 g/mol. The molecule has 0 aliphatic rings. The van der Waals surface area contributed by atoms with Gasteiger partial charge >= 0.3 is 0 Å². The number of methoxy groups -OCH3 is 1. The number of fused-ring (bicyclic) bond motifs is 1. The van der Waals surface area contributed by atoms with Crippen molar-refractivity contribution in [2.24, 2.45) is 0 Å². The number of benzene rings is 1. The molecule has 1 aromatic carbocycles. The lowest BCUT2D eigenvalue weighted by Gasteiger charge is -2.04. The van der Waals surface area contributed by atoms with Gasteiger partial charge in [0.25, 0.3) is 0 Å². The van der Waals surface area contributed by atoms with Gasteiger partial charge in [-0.2, -0.15) is 0 Å². The summed E-state index contributed by atoms with van der Waals surface area (Å²) in [6.45, 7) is -0.0786. The first kappa shape index (κ1) is 9.30. The van der Waals surface area contributed by atoms with Crippen molar-refractivity contribution in [2.45, 2.75) is 6.61 Å². The maximum Gasteiger partial charge on any atom is 0.136 e. The smallest absolute Gasteiger partial charge is 0.136 e. The molecule has 0 unspecified atom stereocenters. The van der Waals surface area contributed by atoms with Crippen LogP contribution in [-0.4, -0.2) is 17.3 Å². The minimum Gasteiger partial charge on any atom is -0.506 e. The van der Waals surface area contributed by atoms with Gasteiger partial charge in [0.1, 0.15) is 11.5 Å². The van der Waals surface area contributed by atoms with Crippen LogP contribution in [0.3, 0.4) is 0 Å². The molecule has 0 fully saturated rings. The fourth-order valence-corrected chi connectivity index (χ4v) is 2.44. The Hall–Kier alpha value is -1.26. The molecule has 1 aromatic heterocycles. The largest absolute Gasteiger partial charge is 0.506 e. The molecular formula is C10H10O3S. The molecule has 1 heterocycles. The van der Waals surface area contributed by atoms with Gasteiger partial charge < -0.3 is 14.9 Å². The molecule has 0 bridgehead atoms. The molecule has 0 amide bonds. The number of hydrogen-bond donors (Lipinski definition) is 2. The van der Waals surface area contributed by atoms with Crippen molar-refractivity contribution in [2.75, 3.05) is 7.11 Å². The van der Waals surface area contributed by atoms with Crippen LogP contribution in [0.15, 0.2) is 17.5 Å². The zero-order valence-corrected chi connectivity index (χ0v) is 8.47. The second kappa shape index (κ2) is 3.48. The standard InChI is InChI=1S/C10H10O3S/c1-13-8-3-2-6(4-11)9-7(12)5-14-10(8)9/h2-3,5,11-12H,4H2,1H3. The number of rotatable bonds is 2. The maximum atomic E-state index is 9.59. The highest BCUT2D eigenvalue weighted by molar-refractivity contribution is 7.18. The van der Waals surface area contributed by atoms with Crippen LogP contribution < -0.4 is 4.74 Å². The SMILES string of the molecule is COc1ccc(CO)c2c(O)csc12. The van der Waals surface area contributed by atoms with Crippen LogP contribution in [0.2, 0.25) is 0 Å². The Bertz CT molecular complexity index is 462. The quantitative estimate of drug-likeness (QED) is 0.798. The minimum absolute atomic E-state index is 0.0786. The first-order valence-electron chi connectivity index (χ1n) is 4.14. The van der Waals surface area contributed by atoms with Gasteiger partial charge in [-0.05, 0) is 11.6 Å². The average Bonchev–Trinajstić information content (AvgIpc) is 2.60. The van der Waals surface area contributed by atoms with Gasteiger partial charge in [0, 0.05) is 10.8 Å². The number of aromatic hydroxyl groups is 1. The van der Waals surface area contributed by atoms with Crippen LogP contribution in [-0.2, 0) is 6.61 Å². The summed E-state index contributed by atoms with van der Waals surface area (Å²) >= 11 is 1.41. The summed E-state index contributed by atoms with van der Waals surface area (Å²) in [5, 5.41) is 21.0. The normalized spacial score (nSPS) is 10.7. The molecule has 2 N–H and O–H groups in total. The number of aliphatic hydroxyl groups excluding tert-OH is 1. The third-order valence-electron chi connectivity index (χ3n) is 2.14. The van der Waals surface area contributed by atoms with E-state index in [1.165, 1.54) is 11.3 Å². The molecule has 0 saturated carbocycles. The Labute approximate surface area is 85.2 Å². The predicted octanol–water partition coefficient (Wildman–Crippen LogP) is 2.11. The molecule has 0 aliphatic carbocycles. The highest BCUT2D eigenvalue weighted by Gasteiger charge is 2.11. The van der Waals surface area contributed by atoms with Crippen molar-refractivity contribution in [3.8, 4) is 11.5 Å². The fraction of sp³-hybridized carbons (Fsp3) is 0.200. The minimum atomic E-state index is -0.0786. The first-order valence-corrected chi connectivity index (χ1v) is 5.02. The van der Waals surface area contributed by atoms with E-state index in [1.807, 2.05) is 0 Å². The third-order valence-corrected chi connectivity index (χ3v) is 3.12. The van der Waals surface area contributed by atoms with Crippen LogP contribution in [0.1, 0.15) is 5.56 Å². The number of ether oxygens (including phenoxy) is 1. The molecule has 14 heavy (non-hydrogen) atoms. The second-order valence-electron chi connectivity index (χ2n) is 2.91. The van der Waals surface area contributed by atoms with Crippen LogP contribution in [0.25, 0.3) is 10.1 Å². The summed E-state index contributed by atoms with van der Waals surface area (Å²) in [5.41, 5.74) is 0.722. The van der Waals surface area contributed by atoms with Gasteiger partial charge in [-0.25, -0.2) is 0 Å². The highest BCUT2D eigenvalue weighted by atomic mass is 32.1. The molecule has 3 nitrogen and oxygen atoms in total. The topological polar surface area (TPSA) is 49.7 Å². The van der Waals surface area contributed by atoms with Gasteiger partial charge in [-0.15, -0.1) is 11.3 Å². The average molecular weight is 210 g/mol. The Kier molecular flexibility index (Phi) is 2.31. The van der Waals surface area contributed by atoms with E-state index in [0.717, 1.165) is 16.0 Å². The summed E-state index contributed by atoms with van der Waals surface area (Å²) in [7, 11) is 1.59. The fourth-order valence-electron chi connectivity index (χ4n) is 1.47. The van der Waals surface area contributed by atoms with Crippen molar-refractivity contribution in [1.82, 2.24) is 0 Å². The van der Waals surface area contributed by atoms with Crippen LogP contribution in [0, 0.1) is 0 Å². The molecule has 0 radical (unpaired) electrons. The molecule has 4 heteroatoms. The summed E-state index contributed by atoms with van der Waals surface area (Å²) < 4.78 is 6.03. The summed E-state index contributed by atoms with van der Waals surface area (Å²) in [4.78, 5) is 0. The summed E-state index contributed by atoms with van der Waals surface area (Å²) in [6, 6.07) is 3.55. The van der Waals surface area contributed by atoms with E-state index in [2.05, 4.69) is 0 Å². The van der Waals surface area contributed by atoms with Crippen molar-refractivity contribution in [3.05, 3.63) is 23.1 Å². The van der Waals surface area contributed by atoms with Gasteiger partial charge in [-0.3, -0.25) is 0 Å². The van der Waals surface area contributed by atoms with Crippen molar-refractivity contribution >= 4 is 21.4 Å². The summed E-state index contributed by atoms with van der Waals surface area (Å²) in [5.74, 6) is 0.926. The number of aliphatic hydroxyl groups is 1. The number of thiophene rings is 1. The molecule has 0 atom stereocenters. The van der Waals surface area contributed by atoms with E-state index in [9.17, 15) is 5.11 Å². The van der Waals surface area contributed by atoms with E-state index >= 15 is 0 Å². The zero-order chi connectivity index (χ0) is 10.1. The van der Waals surface area contributed by atoms with Crippen molar-refractivity contribution in [1.29, 1.82) is 0 Å².